The van der Waals surface area contributed by atoms with Crippen LogP contribution in [0.5, 0.6) is 0 Å². The van der Waals surface area contributed by atoms with Crippen molar-refractivity contribution in [2.24, 2.45) is 0 Å². The average molecular weight is 721 g/mol. The van der Waals surface area contributed by atoms with Crippen LogP contribution in [0.1, 0.15) is 100 Å². The number of halogens is 1. The SMILES string of the molecule is CC1(C)c2cccc(c2)C(C)(C)c2ccc([n-]2)C(C)(C)c2cccc(c2)C(C)(C)c2ccc1[n-]2.[Cl-].[Np]. The van der Waals surface area contributed by atoms with Crippen LogP contribution >= 0.6 is 0 Å². The molecular weight excluding hydrogens is 685 g/mol. The van der Waals surface area contributed by atoms with Crippen LogP contribution in [0.15, 0.2) is 72.8 Å². The Balaban J connectivity index is 0.00000180. The zero-order chi connectivity index (χ0) is 24.5. The normalized spacial score (nSPS) is 18.4. The first kappa shape index (κ1) is 28.9. The number of benzene rings is 2. The molecule has 0 saturated heterocycles. The van der Waals surface area contributed by atoms with Crippen molar-refractivity contribution in [3.8, 4) is 0 Å². The number of hydrogen-bond donors (Lipinski definition) is 0. The molecule has 5 rings (SSSR count). The van der Waals surface area contributed by atoms with Crippen LogP contribution in [-0.2, 0) is 21.7 Å². The van der Waals surface area contributed by atoms with Crippen molar-refractivity contribution in [3.63, 3.8) is 0 Å². The van der Waals surface area contributed by atoms with Gasteiger partial charge in [-0.25, -0.2) is 0 Å². The minimum atomic E-state index is -0.202. The molecule has 1 aliphatic heterocycles. The fraction of sp³-hybridized carbons (Fsp3) is 0.375. The minimum Gasteiger partial charge on any atom is -1.00 e. The van der Waals surface area contributed by atoms with E-state index >= 15 is 0 Å². The predicted octanol–water partition coefficient (Wildman–Crippen LogP) is 4.22. The molecule has 36 heavy (non-hydrogen) atoms. The van der Waals surface area contributed by atoms with Crippen molar-refractivity contribution in [1.82, 2.24) is 9.97 Å². The molecule has 0 unspecified atom stereocenters. The maximum Gasteiger partial charge on any atom is 0 e. The quantitative estimate of drug-likeness (QED) is 0.273. The van der Waals surface area contributed by atoms with Gasteiger partial charge in [0.15, 0.2) is 0 Å². The second-order valence-corrected chi connectivity index (χ2v) is 12.1. The molecule has 2 aromatic heterocycles. The maximum absolute atomic E-state index is 5.23. The summed E-state index contributed by atoms with van der Waals surface area (Å²) in [5.74, 6) is 0. The van der Waals surface area contributed by atoms with E-state index in [0.717, 1.165) is 22.8 Å². The van der Waals surface area contributed by atoms with Gasteiger partial charge in [0.05, 0.1) is 0 Å². The van der Waals surface area contributed by atoms with E-state index in [4.69, 9.17) is 9.97 Å². The predicted molar refractivity (Wildman–Crippen MR) is 141 cm³/mol. The Morgan fingerprint density at radius 2 is 0.639 bits per heavy atom. The Morgan fingerprint density at radius 1 is 0.417 bits per heavy atom. The van der Waals surface area contributed by atoms with Crippen LogP contribution in [0, 0.1) is 29.9 Å². The molecule has 0 spiro atoms. The van der Waals surface area contributed by atoms with Crippen LogP contribution in [0.4, 0.5) is 0 Å². The molecule has 4 heteroatoms. The standard InChI is InChI=1S/C32H36N2.ClH.Np/c1-29(2)21-11-9-12-22(19-21)30(3,4)27-17-18-28(34-27)32(7,8)24-14-10-13-23(20-24)31(5,6)26-16-15-25(29)33-26;;/h9-20H,1-8H3;1H;/q-2;;/p-1. The molecule has 1 radical (unpaired) electrons. The van der Waals surface area contributed by atoms with Gasteiger partial charge < -0.3 is 22.4 Å². The fourth-order valence-electron chi connectivity index (χ4n) is 5.30. The van der Waals surface area contributed by atoms with Gasteiger partial charge in [0.1, 0.15) is 0 Å². The van der Waals surface area contributed by atoms with Crippen LogP contribution in [-0.4, -0.2) is 0 Å². The van der Waals surface area contributed by atoms with Crippen molar-refractivity contribution in [3.05, 3.63) is 118 Å². The summed E-state index contributed by atoms with van der Waals surface area (Å²) in [6.07, 6.45) is 0. The Labute approximate surface area is 245 Å². The molecule has 0 atom stereocenters. The van der Waals surface area contributed by atoms with E-state index in [9.17, 15) is 0 Å². The summed E-state index contributed by atoms with van der Waals surface area (Å²) < 4.78 is 0. The van der Waals surface area contributed by atoms with E-state index in [2.05, 4.69) is 128 Å². The molecule has 2 aromatic carbocycles. The van der Waals surface area contributed by atoms with Gasteiger partial charge in [-0.15, -0.1) is 22.8 Å². The van der Waals surface area contributed by atoms with Crippen molar-refractivity contribution < 1.29 is 42.3 Å². The first-order chi connectivity index (χ1) is 15.8. The summed E-state index contributed by atoms with van der Waals surface area (Å²) in [5, 5.41) is 0. The molecule has 3 heterocycles. The summed E-state index contributed by atoms with van der Waals surface area (Å²) in [6, 6.07) is 26.9. The van der Waals surface area contributed by atoms with Gasteiger partial charge in [-0.1, -0.05) is 128 Å². The Kier molecular flexibility index (Phi) is 7.66. The third-order valence-electron chi connectivity index (χ3n) is 8.45. The molecule has 2 nitrogen and oxygen atoms in total. The van der Waals surface area contributed by atoms with Crippen molar-refractivity contribution in [1.29, 1.82) is 0 Å². The minimum absolute atomic E-state index is 0. The molecule has 0 saturated carbocycles. The smallest absolute Gasteiger partial charge is 0 e. The Morgan fingerprint density at radius 3 is 0.861 bits per heavy atom. The van der Waals surface area contributed by atoms with Gasteiger partial charge in [-0.3, -0.25) is 0 Å². The second-order valence-electron chi connectivity index (χ2n) is 12.1. The molecule has 1 aliphatic rings. The van der Waals surface area contributed by atoms with Crippen LogP contribution in [0.25, 0.3) is 0 Å². The van der Waals surface area contributed by atoms with Gasteiger partial charge >= 0.3 is 0 Å². The summed E-state index contributed by atoms with van der Waals surface area (Å²) in [4.78, 5) is 10.5. The molecule has 0 aliphatic carbocycles. The molecular formula is C32H36ClN2Np-3. The molecule has 0 amide bonds. The monoisotopic (exact) mass is 719 g/mol. The van der Waals surface area contributed by atoms with E-state index < -0.39 is 0 Å². The van der Waals surface area contributed by atoms with Gasteiger partial charge in [-0.2, -0.15) is 0 Å². The van der Waals surface area contributed by atoms with Gasteiger partial charge in [-0.05, 0) is 43.9 Å². The molecule has 4 aromatic rings. The van der Waals surface area contributed by atoms with Crippen molar-refractivity contribution in [2.75, 3.05) is 0 Å². The summed E-state index contributed by atoms with van der Waals surface area (Å²) in [6.45, 7) is 18.2. The summed E-state index contributed by atoms with van der Waals surface area (Å²) in [5.41, 5.74) is 8.76. The first-order valence-electron chi connectivity index (χ1n) is 12.4. The first-order valence-corrected chi connectivity index (χ1v) is 12.4. The average Bonchev–Trinajstić information content (AvgIpc) is 3.50. The number of fused-ring (bicyclic) bond motifs is 8. The van der Waals surface area contributed by atoms with Gasteiger partial charge in [0, 0.05) is 29.9 Å². The van der Waals surface area contributed by atoms with E-state index in [-0.39, 0.29) is 64.0 Å². The number of aromatic nitrogens is 2. The van der Waals surface area contributed by atoms with Crippen molar-refractivity contribution >= 4 is 0 Å². The van der Waals surface area contributed by atoms with Crippen molar-refractivity contribution in [2.45, 2.75) is 77.0 Å². The summed E-state index contributed by atoms with van der Waals surface area (Å²) >= 11 is 0. The van der Waals surface area contributed by atoms with Crippen LogP contribution < -0.4 is 22.4 Å². The van der Waals surface area contributed by atoms with E-state index in [0.29, 0.717) is 0 Å². The zero-order valence-corrected chi connectivity index (χ0v) is 27.1. The van der Waals surface area contributed by atoms with Gasteiger partial charge in [0.2, 0.25) is 0 Å². The molecule has 0 fully saturated rings. The Bertz CT molecular complexity index is 1170. The van der Waals surface area contributed by atoms with Gasteiger partial charge in [0.25, 0.3) is 0 Å². The fourth-order valence-corrected chi connectivity index (χ4v) is 5.30. The second kappa shape index (κ2) is 9.56. The third-order valence-corrected chi connectivity index (χ3v) is 8.45. The topological polar surface area (TPSA) is 28.2 Å². The maximum atomic E-state index is 5.23. The Hall–Kier alpha value is -1.70. The number of rotatable bonds is 0. The molecule has 8 bridgehead atoms. The van der Waals surface area contributed by atoms with E-state index in [1.165, 1.54) is 22.3 Å². The zero-order valence-electron chi connectivity index (χ0n) is 22.6. The third kappa shape index (κ3) is 4.45. The largest absolute Gasteiger partial charge is 1.00 e. The summed E-state index contributed by atoms with van der Waals surface area (Å²) in [7, 11) is 0. The van der Waals surface area contributed by atoms with E-state index in [1.807, 2.05) is 0 Å². The number of nitrogens with zero attached hydrogens (tertiary/aromatic N) is 2. The van der Waals surface area contributed by atoms with Crippen LogP contribution in [0.3, 0.4) is 0 Å². The molecule has 189 valence electrons. The van der Waals surface area contributed by atoms with Crippen LogP contribution in [0.2, 0.25) is 0 Å². The molecule has 0 N–H and O–H groups in total. The number of hydrogen-bond acceptors (Lipinski definition) is 0. The van der Waals surface area contributed by atoms with E-state index in [1.54, 1.807) is 0 Å².